The molecule has 0 bridgehead atoms. The Labute approximate surface area is 241 Å². The van der Waals surface area contributed by atoms with Crippen LogP contribution in [0.1, 0.15) is 24.3 Å². The molecule has 2 aromatic heterocycles. The van der Waals surface area contributed by atoms with Gasteiger partial charge in [0, 0.05) is 19.1 Å². The van der Waals surface area contributed by atoms with Crippen molar-refractivity contribution in [2.75, 3.05) is 18.5 Å². The van der Waals surface area contributed by atoms with Crippen molar-refractivity contribution in [3.05, 3.63) is 84.4 Å². The Morgan fingerprint density at radius 3 is 2.45 bits per heavy atom. The average molecular weight is 594 g/mol. The molecule has 2 aliphatic heterocycles. The topological polar surface area (TPSA) is 162 Å². The van der Waals surface area contributed by atoms with Crippen molar-refractivity contribution in [1.82, 2.24) is 24.8 Å². The molecule has 2 amide bonds. The highest BCUT2D eigenvalue weighted by atomic mass is 31.2. The van der Waals surface area contributed by atoms with Crippen LogP contribution >= 0.6 is 7.60 Å². The number of urea groups is 1. The number of benzene rings is 2. The Morgan fingerprint density at radius 1 is 1.00 bits per heavy atom. The molecule has 0 saturated carbocycles. The number of anilines is 1. The number of nitrogens with zero attached hydrogens (tertiary/aromatic N) is 4. The SMILES string of the molecule is CCNC(=O)Nc1ncnc2c1ncn2[C@@H]1O[C@H](COP(=O)([O-])Cc2ccccc2)C2OC(Cc3ccccc3)OC21. The van der Waals surface area contributed by atoms with Gasteiger partial charge in [0.05, 0.1) is 12.9 Å². The molecule has 6 rings (SSSR count). The Balaban J connectivity index is 1.24. The molecule has 4 unspecified atom stereocenters. The molecular formula is C28H30N6O7P-. The maximum absolute atomic E-state index is 12.8. The van der Waals surface area contributed by atoms with Gasteiger partial charge in [-0.2, -0.15) is 0 Å². The maximum Gasteiger partial charge on any atom is 0.320 e. The zero-order valence-corrected chi connectivity index (χ0v) is 23.6. The van der Waals surface area contributed by atoms with Crippen molar-refractivity contribution < 1.29 is 33.0 Å². The van der Waals surface area contributed by atoms with Crippen molar-refractivity contribution in [3.8, 4) is 0 Å². The fraction of sp³-hybridized carbons (Fsp3) is 0.357. The number of imidazole rings is 1. The summed E-state index contributed by atoms with van der Waals surface area (Å²) in [5.74, 6) is 0.234. The predicted molar refractivity (Wildman–Crippen MR) is 149 cm³/mol. The van der Waals surface area contributed by atoms with Crippen LogP contribution in [-0.2, 0) is 35.9 Å². The fourth-order valence-corrected chi connectivity index (χ4v) is 6.27. The van der Waals surface area contributed by atoms with Crippen LogP contribution in [0, 0.1) is 0 Å². The van der Waals surface area contributed by atoms with E-state index in [9.17, 15) is 14.3 Å². The Hall–Kier alpha value is -3.71. The number of nitrogens with one attached hydrogen (secondary N) is 2. The first-order chi connectivity index (χ1) is 20.4. The summed E-state index contributed by atoms with van der Waals surface area (Å²) in [5.41, 5.74) is 2.41. The van der Waals surface area contributed by atoms with Gasteiger partial charge in [-0.05, 0) is 18.1 Å². The van der Waals surface area contributed by atoms with Gasteiger partial charge in [-0.3, -0.25) is 9.88 Å². The van der Waals surface area contributed by atoms with E-state index in [1.165, 1.54) is 12.7 Å². The van der Waals surface area contributed by atoms with Crippen molar-refractivity contribution in [2.24, 2.45) is 0 Å². The first-order valence-electron chi connectivity index (χ1n) is 13.6. The highest BCUT2D eigenvalue weighted by Crippen LogP contribution is 2.45. The van der Waals surface area contributed by atoms with E-state index in [0.717, 1.165) is 5.56 Å². The first kappa shape index (κ1) is 28.4. The number of rotatable bonds is 10. The van der Waals surface area contributed by atoms with Crippen LogP contribution in [0.15, 0.2) is 73.3 Å². The van der Waals surface area contributed by atoms with Gasteiger partial charge in [-0.25, -0.2) is 19.7 Å². The lowest BCUT2D eigenvalue weighted by Crippen LogP contribution is -2.32. The summed E-state index contributed by atoms with van der Waals surface area (Å²) in [6, 6.07) is 18.2. The quantitative estimate of drug-likeness (QED) is 0.262. The zero-order valence-electron chi connectivity index (χ0n) is 22.7. The number of carbonyl (C=O) groups excluding carboxylic acids is 1. The molecule has 4 aromatic rings. The number of ether oxygens (including phenoxy) is 3. The summed E-state index contributed by atoms with van der Waals surface area (Å²) >= 11 is 0. The first-order valence-corrected chi connectivity index (χ1v) is 15.3. The predicted octanol–water partition coefficient (Wildman–Crippen LogP) is 2.99. The Bertz CT molecular complexity index is 1570. The Kier molecular flexibility index (Phi) is 8.29. The molecule has 0 aliphatic carbocycles. The van der Waals surface area contributed by atoms with Crippen LogP contribution in [0.3, 0.4) is 0 Å². The van der Waals surface area contributed by atoms with E-state index >= 15 is 0 Å². The van der Waals surface area contributed by atoms with E-state index in [-0.39, 0.29) is 18.6 Å². The number of hydrogen-bond donors (Lipinski definition) is 2. The minimum Gasteiger partial charge on any atom is -0.778 e. The molecule has 6 atom stereocenters. The standard InChI is InChI=1S/C28H31N6O7P/c1-2-29-28(35)33-25-22-26(31-16-30-25)34(17-32-22)27-24-23(40-21(41-24)13-18-9-5-3-6-10-18)20(39-27)14-38-42(36,37)15-19-11-7-4-8-12-19/h3-12,16-17,20-21,23-24,27H,2,13-15H2,1H3,(H,36,37)(H2,29,30,31,33,35)/p-1/t20-,21?,23?,24?,27-/m1/s1. The highest BCUT2D eigenvalue weighted by molar-refractivity contribution is 7.50. The summed E-state index contributed by atoms with van der Waals surface area (Å²) in [6.45, 7) is 2.00. The number of fused-ring (bicyclic) bond motifs is 2. The van der Waals surface area contributed by atoms with Crippen LogP contribution < -0.4 is 15.5 Å². The second-order valence-corrected chi connectivity index (χ2v) is 11.8. The van der Waals surface area contributed by atoms with Crippen LogP contribution in [0.5, 0.6) is 0 Å². The van der Waals surface area contributed by atoms with E-state index in [2.05, 4.69) is 25.6 Å². The van der Waals surface area contributed by atoms with E-state index in [1.54, 1.807) is 35.8 Å². The molecule has 13 nitrogen and oxygen atoms in total. The number of carbonyl (C=O) groups is 1. The second-order valence-electron chi connectivity index (χ2n) is 9.97. The lowest BCUT2D eigenvalue weighted by molar-refractivity contribution is -0.204. The normalized spacial score (nSPS) is 24.8. The van der Waals surface area contributed by atoms with Gasteiger partial charge >= 0.3 is 6.03 Å². The van der Waals surface area contributed by atoms with E-state index in [0.29, 0.717) is 29.7 Å². The average Bonchev–Trinajstić information content (AvgIpc) is 3.67. The summed E-state index contributed by atoms with van der Waals surface area (Å²) in [5, 5.41) is 5.33. The zero-order chi connectivity index (χ0) is 29.1. The third-order valence-electron chi connectivity index (χ3n) is 7.01. The summed E-state index contributed by atoms with van der Waals surface area (Å²) in [7, 11) is -4.23. The van der Waals surface area contributed by atoms with Gasteiger partial charge in [-0.1, -0.05) is 60.7 Å². The minimum atomic E-state index is -4.23. The summed E-state index contributed by atoms with van der Waals surface area (Å²) in [4.78, 5) is 37.9. The number of aromatic nitrogens is 4. The van der Waals surface area contributed by atoms with Gasteiger partial charge < -0.3 is 33.5 Å². The van der Waals surface area contributed by atoms with Gasteiger partial charge in [0.25, 0.3) is 0 Å². The minimum absolute atomic E-state index is 0.234. The van der Waals surface area contributed by atoms with Crippen molar-refractivity contribution in [2.45, 2.75) is 50.3 Å². The molecule has 42 heavy (non-hydrogen) atoms. The Morgan fingerprint density at radius 2 is 1.71 bits per heavy atom. The molecule has 2 aromatic carbocycles. The molecule has 2 N–H and O–H groups in total. The molecular weight excluding hydrogens is 563 g/mol. The van der Waals surface area contributed by atoms with Gasteiger partial charge in [0.1, 0.15) is 32.2 Å². The molecule has 2 fully saturated rings. The number of hydrogen-bond acceptors (Lipinski definition) is 10. The lowest BCUT2D eigenvalue weighted by atomic mass is 10.1. The molecule has 0 spiro atoms. The van der Waals surface area contributed by atoms with Gasteiger partial charge in [-0.15, -0.1) is 0 Å². The van der Waals surface area contributed by atoms with Crippen molar-refractivity contribution in [3.63, 3.8) is 0 Å². The third kappa shape index (κ3) is 6.21. The maximum atomic E-state index is 12.8. The molecule has 220 valence electrons. The van der Waals surface area contributed by atoms with E-state index in [4.69, 9.17) is 18.7 Å². The van der Waals surface area contributed by atoms with Crippen molar-refractivity contribution in [1.29, 1.82) is 0 Å². The van der Waals surface area contributed by atoms with Crippen LogP contribution in [-0.4, -0.2) is 63.3 Å². The van der Waals surface area contributed by atoms with Crippen LogP contribution in [0.25, 0.3) is 11.2 Å². The molecule has 2 aliphatic rings. The third-order valence-corrected chi connectivity index (χ3v) is 8.30. The molecule has 4 heterocycles. The summed E-state index contributed by atoms with van der Waals surface area (Å²) < 4.78 is 38.9. The molecule has 2 saturated heterocycles. The van der Waals surface area contributed by atoms with Crippen molar-refractivity contribution >= 4 is 30.6 Å². The molecule has 14 heteroatoms. The highest BCUT2D eigenvalue weighted by Gasteiger charge is 2.54. The lowest BCUT2D eigenvalue weighted by Gasteiger charge is -2.26. The monoisotopic (exact) mass is 593 g/mol. The summed E-state index contributed by atoms with van der Waals surface area (Å²) in [6.07, 6.45) is -0.239. The second kappa shape index (κ2) is 12.3. The smallest absolute Gasteiger partial charge is 0.320 e. The van der Waals surface area contributed by atoms with Gasteiger partial charge in [0.15, 0.2) is 29.5 Å². The number of amides is 2. The van der Waals surface area contributed by atoms with E-state index < -0.39 is 44.5 Å². The van der Waals surface area contributed by atoms with Crippen LogP contribution in [0.4, 0.5) is 10.6 Å². The molecule has 0 radical (unpaired) electrons. The van der Waals surface area contributed by atoms with Crippen LogP contribution in [0.2, 0.25) is 0 Å². The van der Waals surface area contributed by atoms with Gasteiger partial charge in [0.2, 0.25) is 0 Å². The largest absolute Gasteiger partial charge is 0.778 e. The van der Waals surface area contributed by atoms with E-state index in [1.807, 2.05) is 36.4 Å². The fourth-order valence-electron chi connectivity index (χ4n) is 5.14.